The maximum Gasteiger partial charge on any atom is 0.229 e. The number of anilines is 2. The number of para-hydroxylation sites is 1. The van der Waals surface area contributed by atoms with E-state index in [9.17, 15) is 0 Å². The highest BCUT2D eigenvalue weighted by atomic mass is 35.5. The average Bonchev–Trinajstić information content (AvgIpc) is 3.22. The summed E-state index contributed by atoms with van der Waals surface area (Å²) in [5, 5.41) is 5.59. The lowest BCUT2D eigenvalue weighted by molar-refractivity contribution is 0.244. The van der Waals surface area contributed by atoms with Crippen LogP contribution in [0.4, 0.5) is 11.9 Å². The Morgan fingerprint density at radius 3 is 2.33 bits per heavy atom. The van der Waals surface area contributed by atoms with Crippen LogP contribution in [0.15, 0.2) is 60.8 Å². The standard InChI is InChI=1S/C24H27ClN8/c1-16(22-27-23(26)29-24(28-22)31(2)3)32(4)14-18-15-33(20-8-6-5-7-9-20)30-21(18)17-10-12-19(25)13-11-17/h5-13,15-16H,14H2,1-4H3,(H2,26,27,28,29)/t16-/m0/s1. The summed E-state index contributed by atoms with van der Waals surface area (Å²) in [5.74, 6) is 1.37. The molecule has 2 aromatic carbocycles. The molecular weight excluding hydrogens is 436 g/mol. The molecule has 2 heterocycles. The molecule has 8 nitrogen and oxygen atoms in total. The van der Waals surface area contributed by atoms with E-state index in [2.05, 4.69) is 33.0 Å². The van der Waals surface area contributed by atoms with Gasteiger partial charge in [-0.3, -0.25) is 4.90 Å². The number of benzene rings is 2. The van der Waals surface area contributed by atoms with Gasteiger partial charge in [-0.25, -0.2) is 4.68 Å². The van der Waals surface area contributed by atoms with Crippen molar-refractivity contribution >= 4 is 23.5 Å². The third-order valence-electron chi connectivity index (χ3n) is 5.44. The van der Waals surface area contributed by atoms with E-state index in [0.29, 0.717) is 23.3 Å². The zero-order chi connectivity index (χ0) is 23.5. The van der Waals surface area contributed by atoms with Crippen molar-refractivity contribution in [2.75, 3.05) is 31.8 Å². The van der Waals surface area contributed by atoms with E-state index in [0.717, 1.165) is 22.5 Å². The Balaban J connectivity index is 1.67. The molecule has 4 rings (SSSR count). The van der Waals surface area contributed by atoms with E-state index in [1.807, 2.05) is 85.3 Å². The first-order valence-electron chi connectivity index (χ1n) is 10.6. The molecule has 2 N–H and O–H groups in total. The van der Waals surface area contributed by atoms with Crippen LogP contribution in [-0.2, 0) is 6.54 Å². The van der Waals surface area contributed by atoms with Gasteiger partial charge in [0.25, 0.3) is 0 Å². The summed E-state index contributed by atoms with van der Waals surface area (Å²) in [5.41, 5.74) is 9.91. The summed E-state index contributed by atoms with van der Waals surface area (Å²) in [6.45, 7) is 2.69. The van der Waals surface area contributed by atoms with Gasteiger partial charge in [-0.05, 0) is 38.2 Å². The molecule has 0 aliphatic carbocycles. The predicted octanol–water partition coefficient (Wildman–Crippen LogP) is 4.22. The van der Waals surface area contributed by atoms with Crippen LogP contribution in [0.3, 0.4) is 0 Å². The highest BCUT2D eigenvalue weighted by Gasteiger charge is 2.21. The normalized spacial score (nSPS) is 12.2. The van der Waals surface area contributed by atoms with Crippen molar-refractivity contribution in [2.24, 2.45) is 0 Å². The SMILES string of the molecule is C[C@@H](c1nc(N)nc(N(C)C)n1)N(C)Cc1cn(-c2ccccc2)nc1-c1ccc(Cl)cc1. The van der Waals surface area contributed by atoms with Crippen LogP contribution in [0.25, 0.3) is 16.9 Å². The molecule has 0 saturated heterocycles. The summed E-state index contributed by atoms with van der Waals surface area (Å²) in [4.78, 5) is 17.1. The number of nitrogen functional groups attached to an aromatic ring is 1. The van der Waals surface area contributed by atoms with Crippen molar-refractivity contribution in [3.05, 3.63) is 77.2 Å². The Labute approximate surface area is 198 Å². The van der Waals surface area contributed by atoms with Gasteiger partial charge in [-0.15, -0.1) is 0 Å². The molecule has 0 unspecified atom stereocenters. The Kier molecular flexibility index (Phi) is 6.57. The quantitative estimate of drug-likeness (QED) is 0.439. The van der Waals surface area contributed by atoms with Gasteiger partial charge in [-0.1, -0.05) is 41.9 Å². The van der Waals surface area contributed by atoms with Gasteiger partial charge in [0.05, 0.1) is 17.4 Å². The molecule has 0 bridgehead atoms. The summed E-state index contributed by atoms with van der Waals surface area (Å²) in [6, 6.07) is 17.7. The molecule has 0 saturated carbocycles. The lowest BCUT2D eigenvalue weighted by Crippen LogP contribution is -2.25. The molecule has 0 spiro atoms. The second kappa shape index (κ2) is 9.56. The number of nitrogens with two attached hydrogens (primary N) is 1. The minimum Gasteiger partial charge on any atom is -0.368 e. The highest BCUT2D eigenvalue weighted by molar-refractivity contribution is 6.30. The minimum absolute atomic E-state index is 0.0906. The lowest BCUT2D eigenvalue weighted by Gasteiger charge is -2.24. The number of rotatable bonds is 7. The third-order valence-corrected chi connectivity index (χ3v) is 5.69. The Morgan fingerprint density at radius 2 is 1.67 bits per heavy atom. The van der Waals surface area contributed by atoms with E-state index in [1.165, 1.54) is 0 Å². The van der Waals surface area contributed by atoms with Crippen molar-refractivity contribution in [1.82, 2.24) is 29.6 Å². The molecule has 0 aliphatic heterocycles. The zero-order valence-corrected chi connectivity index (χ0v) is 19.9. The number of halogens is 1. The summed E-state index contributed by atoms with van der Waals surface area (Å²) in [7, 11) is 5.79. The van der Waals surface area contributed by atoms with Crippen LogP contribution in [-0.4, -0.2) is 50.8 Å². The van der Waals surface area contributed by atoms with Crippen LogP contribution >= 0.6 is 11.6 Å². The highest BCUT2D eigenvalue weighted by Crippen LogP contribution is 2.28. The molecule has 2 aromatic heterocycles. The van der Waals surface area contributed by atoms with Crippen molar-refractivity contribution in [2.45, 2.75) is 19.5 Å². The number of hydrogen-bond donors (Lipinski definition) is 1. The van der Waals surface area contributed by atoms with Crippen molar-refractivity contribution < 1.29 is 0 Å². The largest absolute Gasteiger partial charge is 0.368 e. The van der Waals surface area contributed by atoms with E-state index in [-0.39, 0.29) is 12.0 Å². The molecule has 170 valence electrons. The van der Waals surface area contributed by atoms with E-state index < -0.39 is 0 Å². The maximum absolute atomic E-state index is 6.11. The predicted molar refractivity (Wildman–Crippen MR) is 132 cm³/mol. The Morgan fingerprint density at radius 1 is 0.970 bits per heavy atom. The topological polar surface area (TPSA) is 89.0 Å². The van der Waals surface area contributed by atoms with Gasteiger partial charge in [0, 0.05) is 43.0 Å². The van der Waals surface area contributed by atoms with Gasteiger partial charge in [0.2, 0.25) is 11.9 Å². The summed E-state index contributed by atoms with van der Waals surface area (Å²) < 4.78 is 1.91. The Bertz CT molecular complexity index is 1220. The monoisotopic (exact) mass is 462 g/mol. The molecule has 1 atom stereocenters. The molecule has 0 amide bonds. The fourth-order valence-electron chi connectivity index (χ4n) is 3.48. The van der Waals surface area contributed by atoms with Gasteiger partial charge in [0.15, 0.2) is 5.82 Å². The first kappa shape index (κ1) is 22.7. The fourth-order valence-corrected chi connectivity index (χ4v) is 3.60. The van der Waals surface area contributed by atoms with Crippen LogP contribution in [0, 0.1) is 0 Å². The van der Waals surface area contributed by atoms with Crippen LogP contribution in [0.2, 0.25) is 5.02 Å². The van der Waals surface area contributed by atoms with Gasteiger partial charge in [0.1, 0.15) is 0 Å². The van der Waals surface area contributed by atoms with E-state index in [4.69, 9.17) is 22.4 Å². The Hall–Kier alpha value is -3.49. The molecule has 0 radical (unpaired) electrons. The van der Waals surface area contributed by atoms with Gasteiger partial charge < -0.3 is 10.6 Å². The first-order chi connectivity index (χ1) is 15.8. The average molecular weight is 463 g/mol. The second-order valence-corrected chi connectivity index (χ2v) is 8.56. The van der Waals surface area contributed by atoms with Crippen molar-refractivity contribution in [1.29, 1.82) is 0 Å². The van der Waals surface area contributed by atoms with Crippen LogP contribution < -0.4 is 10.6 Å². The molecular formula is C24H27ClN8. The second-order valence-electron chi connectivity index (χ2n) is 8.13. The smallest absolute Gasteiger partial charge is 0.229 e. The number of nitrogens with zero attached hydrogens (tertiary/aromatic N) is 7. The van der Waals surface area contributed by atoms with Crippen LogP contribution in [0.1, 0.15) is 24.4 Å². The molecule has 0 fully saturated rings. The van der Waals surface area contributed by atoms with Crippen molar-refractivity contribution in [3.63, 3.8) is 0 Å². The maximum atomic E-state index is 6.11. The molecule has 0 aliphatic rings. The zero-order valence-electron chi connectivity index (χ0n) is 19.1. The van der Waals surface area contributed by atoms with Gasteiger partial charge >= 0.3 is 0 Å². The summed E-state index contributed by atoms with van der Waals surface area (Å²) >= 11 is 6.11. The molecule has 4 aromatic rings. The first-order valence-corrected chi connectivity index (χ1v) is 11.0. The van der Waals surface area contributed by atoms with Gasteiger partial charge in [-0.2, -0.15) is 20.1 Å². The minimum atomic E-state index is -0.0906. The van der Waals surface area contributed by atoms with E-state index in [1.54, 1.807) is 0 Å². The van der Waals surface area contributed by atoms with Crippen molar-refractivity contribution in [3.8, 4) is 16.9 Å². The summed E-state index contributed by atoms with van der Waals surface area (Å²) in [6.07, 6.45) is 2.06. The third kappa shape index (κ3) is 5.13. The molecule has 9 heteroatoms. The van der Waals surface area contributed by atoms with Crippen LogP contribution in [0.5, 0.6) is 0 Å². The number of hydrogen-bond acceptors (Lipinski definition) is 7. The fraction of sp³-hybridized carbons (Fsp3) is 0.250. The lowest BCUT2D eigenvalue weighted by atomic mass is 10.1. The van der Waals surface area contributed by atoms with E-state index >= 15 is 0 Å². The molecule has 33 heavy (non-hydrogen) atoms. The number of aromatic nitrogens is 5.